The zero-order valence-electron chi connectivity index (χ0n) is 13.8. The molecule has 1 fully saturated rings. The first kappa shape index (κ1) is 15.0. The van der Waals surface area contributed by atoms with Gasteiger partial charge in [0.15, 0.2) is 0 Å². The molecule has 1 aromatic heterocycles. The summed E-state index contributed by atoms with van der Waals surface area (Å²) in [6, 6.07) is 0.409. The summed E-state index contributed by atoms with van der Waals surface area (Å²) in [5, 5.41) is 3.44. The lowest BCUT2D eigenvalue weighted by Crippen LogP contribution is -2.33. The lowest BCUT2D eigenvalue weighted by molar-refractivity contribution is 0.259. The topological polar surface area (TPSA) is 37.8 Å². The van der Waals surface area contributed by atoms with E-state index in [-0.39, 0.29) is 0 Å². The average molecular weight is 287 g/mol. The standard InChI is InChI=1S/C18H29N3/c1-18(2)10-15(19-3)14-12-20-17(21-16(14)11-18)13-8-6-4-5-7-9-13/h12-13,15,19H,4-11H2,1-3H3. The molecule has 0 aliphatic heterocycles. The van der Waals surface area contributed by atoms with Crippen LogP contribution in [0.3, 0.4) is 0 Å². The fourth-order valence-electron chi connectivity index (χ4n) is 4.05. The Morgan fingerprint density at radius 3 is 2.52 bits per heavy atom. The molecule has 21 heavy (non-hydrogen) atoms. The Labute approximate surface area is 129 Å². The number of nitrogens with one attached hydrogen (secondary N) is 1. The second-order valence-electron chi connectivity index (χ2n) is 7.71. The molecule has 1 aromatic rings. The Morgan fingerprint density at radius 2 is 1.86 bits per heavy atom. The second kappa shape index (κ2) is 6.04. The first-order valence-corrected chi connectivity index (χ1v) is 8.62. The van der Waals surface area contributed by atoms with Gasteiger partial charge in [-0.05, 0) is 38.1 Å². The number of nitrogens with zero attached hydrogens (tertiary/aromatic N) is 2. The number of fused-ring (bicyclic) bond motifs is 1. The highest BCUT2D eigenvalue weighted by molar-refractivity contribution is 5.27. The SMILES string of the molecule is CNC1CC(C)(C)Cc2nc(C3CCCCCC3)ncc21. The fourth-order valence-corrected chi connectivity index (χ4v) is 4.05. The maximum Gasteiger partial charge on any atom is 0.131 e. The van der Waals surface area contributed by atoms with Crippen LogP contribution in [0.5, 0.6) is 0 Å². The van der Waals surface area contributed by atoms with Crippen LogP contribution in [0.1, 0.15) is 87.8 Å². The summed E-state index contributed by atoms with van der Waals surface area (Å²) in [4.78, 5) is 9.77. The van der Waals surface area contributed by atoms with Crippen LogP contribution in [-0.2, 0) is 6.42 Å². The van der Waals surface area contributed by atoms with Crippen molar-refractivity contribution in [3.8, 4) is 0 Å². The molecule has 0 bridgehead atoms. The van der Waals surface area contributed by atoms with Crippen molar-refractivity contribution in [3.05, 3.63) is 23.3 Å². The quantitative estimate of drug-likeness (QED) is 0.830. The first-order valence-electron chi connectivity index (χ1n) is 8.62. The van der Waals surface area contributed by atoms with Gasteiger partial charge in [-0.2, -0.15) is 0 Å². The zero-order valence-corrected chi connectivity index (χ0v) is 13.8. The van der Waals surface area contributed by atoms with Crippen molar-refractivity contribution < 1.29 is 0 Å². The molecular weight excluding hydrogens is 258 g/mol. The lowest BCUT2D eigenvalue weighted by atomic mass is 9.74. The summed E-state index contributed by atoms with van der Waals surface area (Å²) in [6.07, 6.45) is 12.4. The monoisotopic (exact) mass is 287 g/mol. The predicted octanol–water partition coefficient (Wildman–Crippen LogP) is 4.15. The van der Waals surface area contributed by atoms with Crippen molar-refractivity contribution in [2.45, 2.75) is 77.2 Å². The van der Waals surface area contributed by atoms with Gasteiger partial charge in [0.2, 0.25) is 0 Å². The summed E-state index contributed by atoms with van der Waals surface area (Å²) in [5.41, 5.74) is 2.95. The third kappa shape index (κ3) is 3.28. The van der Waals surface area contributed by atoms with Gasteiger partial charge in [-0.1, -0.05) is 39.5 Å². The van der Waals surface area contributed by atoms with Gasteiger partial charge < -0.3 is 5.32 Å². The van der Waals surface area contributed by atoms with Crippen molar-refractivity contribution in [1.82, 2.24) is 15.3 Å². The van der Waals surface area contributed by atoms with Gasteiger partial charge in [0.1, 0.15) is 5.82 Å². The lowest BCUT2D eigenvalue weighted by Gasteiger charge is -2.36. The van der Waals surface area contributed by atoms with Crippen LogP contribution >= 0.6 is 0 Å². The molecule has 3 rings (SSSR count). The van der Waals surface area contributed by atoms with E-state index in [1.165, 1.54) is 56.2 Å². The van der Waals surface area contributed by atoms with Crippen molar-refractivity contribution in [2.24, 2.45) is 5.41 Å². The van der Waals surface area contributed by atoms with Crippen LogP contribution in [0.25, 0.3) is 0 Å². The van der Waals surface area contributed by atoms with Gasteiger partial charge in [0.05, 0.1) is 0 Å². The first-order chi connectivity index (χ1) is 10.1. The van der Waals surface area contributed by atoms with Crippen molar-refractivity contribution >= 4 is 0 Å². The molecule has 2 aliphatic rings. The molecule has 0 aromatic carbocycles. The largest absolute Gasteiger partial charge is 0.313 e. The van der Waals surface area contributed by atoms with E-state index in [1.54, 1.807) is 0 Å². The molecule has 1 N–H and O–H groups in total. The number of rotatable bonds is 2. The molecular formula is C18H29N3. The van der Waals surface area contributed by atoms with E-state index in [2.05, 4.69) is 32.4 Å². The van der Waals surface area contributed by atoms with Crippen LogP contribution < -0.4 is 5.32 Å². The van der Waals surface area contributed by atoms with Gasteiger partial charge >= 0.3 is 0 Å². The molecule has 1 heterocycles. The van der Waals surface area contributed by atoms with Gasteiger partial charge in [0.25, 0.3) is 0 Å². The predicted molar refractivity (Wildman–Crippen MR) is 86.4 cm³/mol. The van der Waals surface area contributed by atoms with E-state index < -0.39 is 0 Å². The maximum absolute atomic E-state index is 5.02. The molecule has 0 radical (unpaired) electrons. The summed E-state index contributed by atoms with van der Waals surface area (Å²) < 4.78 is 0. The highest BCUT2D eigenvalue weighted by Crippen LogP contribution is 2.40. The van der Waals surface area contributed by atoms with Gasteiger partial charge in [-0.15, -0.1) is 0 Å². The van der Waals surface area contributed by atoms with E-state index in [0.29, 0.717) is 17.4 Å². The Kier molecular flexibility index (Phi) is 4.30. The molecule has 3 nitrogen and oxygen atoms in total. The zero-order chi connectivity index (χ0) is 14.9. The van der Waals surface area contributed by atoms with Crippen molar-refractivity contribution in [2.75, 3.05) is 7.05 Å². The van der Waals surface area contributed by atoms with Crippen LogP contribution in [0.4, 0.5) is 0 Å². The number of aromatic nitrogens is 2. The van der Waals surface area contributed by atoms with E-state index in [9.17, 15) is 0 Å². The van der Waals surface area contributed by atoms with Crippen LogP contribution in [-0.4, -0.2) is 17.0 Å². The third-order valence-electron chi connectivity index (χ3n) is 5.27. The Hall–Kier alpha value is -0.960. The minimum atomic E-state index is 0.329. The van der Waals surface area contributed by atoms with Gasteiger partial charge in [-0.3, -0.25) is 0 Å². The third-order valence-corrected chi connectivity index (χ3v) is 5.27. The van der Waals surface area contributed by atoms with Crippen molar-refractivity contribution in [3.63, 3.8) is 0 Å². The molecule has 3 heteroatoms. The molecule has 1 unspecified atom stereocenters. The molecule has 1 saturated carbocycles. The van der Waals surface area contributed by atoms with E-state index in [0.717, 1.165) is 12.2 Å². The van der Waals surface area contributed by atoms with E-state index in [4.69, 9.17) is 9.97 Å². The van der Waals surface area contributed by atoms with E-state index in [1.807, 2.05) is 0 Å². The normalized spacial score (nSPS) is 26.1. The fraction of sp³-hybridized carbons (Fsp3) is 0.778. The van der Waals surface area contributed by atoms with Crippen LogP contribution in [0.2, 0.25) is 0 Å². The molecule has 0 spiro atoms. The minimum Gasteiger partial charge on any atom is -0.313 e. The highest BCUT2D eigenvalue weighted by Gasteiger charge is 2.33. The Bertz CT molecular complexity index is 487. The molecule has 0 saturated heterocycles. The summed E-state index contributed by atoms with van der Waals surface area (Å²) in [6.45, 7) is 4.71. The van der Waals surface area contributed by atoms with Crippen molar-refractivity contribution in [1.29, 1.82) is 0 Å². The minimum absolute atomic E-state index is 0.329. The van der Waals surface area contributed by atoms with Gasteiger partial charge in [0, 0.05) is 29.4 Å². The average Bonchev–Trinajstić information content (AvgIpc) is 2.73. The summed E-state index contributed by atoms with van der Waals surface area (Å²) in [7, 11) is 2.05. The number of hydrogen-bond donors (Lipinski definition) is 1. The summed E-state index contributed by atoms with van der Waals surface area (Å²) in [5.74, 6) is 1.71. The van der Waals surface area contributed by atoms with Crippen LogP contribution in [0, 0.1) is 5.41 Å². The number of hydrogen-bond acceptors (Lipinski definition) is 3. The molecule has 116 valence electrons. The second-order valence-corrected chi connectivity index (χ2v) is 7.71. The highest BCUT2D eigenvalue weighted by atomic mass is 14.9. The molecule has 2 aliphatic carbocycles. The molecule has 1 atom stereocenters. The summed E-state index contributed by atoms with van der Waals surface area (Å²) >= 11 is 0. The van der Waals surface area contributed by atoms with E-state index >= 15 is 0 Å². The maximum atomic E-state index is 5.02. The Balaban J connectivity index is 1.89. The Morgan fingerprint density at radius 1 is 1.14 bits per heavy atom. The van der Waals surface area contributed by atoms with Crippen LogP contribution in [0.15, 0.2) is 6.20 Å². The van der Waals surface area contributed by atoms with Gasteiger partial charge in [-0.25, -0.2) is 9.97 Å². The molecule has 0 amide bonds. The smallest absolute Gasteiger partial charge is 0.131 e.